The molecule has 66 valence electrons. The van der Waals surface area contributed by atoms with Crippen LogP contribution in [0.4, 0.5) is 0 Å². The molecule has 11 heavy (non-hydrogen) atoms. The number of hydrogen-bond donors (Lipinski definition) is 0. The maximum atomic E-state index is 11.4. The summed E-state index contributed by atoms with van der Waals surface area (Å²) in [5.41, 5.74) is 0. The summed E-state index contributed by atoms with van der Waals surface area (Å²) in [6.07, 6.45) is 0. The number of rotatable bonds is 2. The summed E-state index contributed by atoms with van der Waals surface area (Å²) in [6.45, 7) is -0.728. The molecule has 0 amide bonds. The van der Waals surface area contributed by atoms with Gasteiger partial charge in [-0.05, 0) is 11.2 Å². The predicted molar refractivity (Wildman–Crippen MR) is 42.9 cm³/mol. The van der Waals surface area contributed by atoms with Crippen LogP contribution in [0, 0.1) is 0 Å². The summed E-state index contributed by atoms with van der Waals surface area (Å²) in [4.78, 5) is 0. The molecule has 1 aliphatic rings. The number of halogens is 1. The molecule has 0 radical (unpaired) electrons. The zero-order valence-corrected chi connectivity index (χ0v) is 7.98. The van der Waals surface area contributed by atoms with E-state index < -0.39 is 6.87 Å². The van der Waals surface area contributed by atoms with Gasteiger partial charge in [-0.2, -0.15) is 0 Å². The van der Waals surface area contributed by atoms with Gasteiger partial charge in [-0.15, -0.1) is 0 Å². The number of morpholine rings is 1. The molecule has 4 nitrogen and oxygen atoms in total. The van der Waals surface area contributed by atoms with Gasteiger partial charge in [0.2, 0.25) is 0 Å². The lowest BCUT2D eigenvalue weighted by Crippen LogP contribution is -2.32. The highest BCUT2D eigenvalue weighted by atomic mass is 35.7. The Morgan fingerprint density at radius 1 is 1.55 bits per heavy atom. The van der Waals surface area contributed by atoms with E-state index in [-0.39, 0.29) is 0 Å². The Balaban J connectivity index is 2.51. The van der Waals surface area contributed by atoms with Gasteiger partial charge < -0.3 is 9.26 Å². The van der Waals surface area contributed by atoms with E-state index in [0.717, 1.165) is 0 Å². The normalized spacial score (nSPS) is 26.4. The van der Waals surface area contributed by atoms with Gasteiger partial charge >= 0.3 is 6.87 Å². The third kappa shape index (κ3) is 2.42. The molecular formula is C5H11ClNO3P. The second kappa shape index (κ2) is 3.87. The Kier molecular flexibility index (Phi) is 3.34. The third-order valence-electron chi connectivity index (χ3n) is 1.55. The first-order valence-electron chi connectivity index (χ1n) is 3.35. The lowest BCUT2D eigenvalue weighted by Gasteiger charge is -2.28. The Morgan fingerprint density at radius 2 is 2.09 bits per heavy atom. The molecule has 0 saturated carbocycles. The molecule has 1 unspecified atom stereocenters. The Bertz CT molecular complexity index is 171. The summed E-state index contributed by atoms with van der Waals surface area (Å²) in [5.74, 6) is 0. The molecule has 1 atom stereocenters. The van der Waals surface area contributed by atoms with E-state index in [0.29, 0.717) is 26.3 Å². The van der Waals surface area contributed by atoms with Crippen molar-refractivity contribution in [2.24, 2.45) is 0 Å². The van der Waals surface area contributed by atoms with E-state index in [1.165, 1.54) is 7.11 Å². The lowest BCUT2D eigenvalue weighted by molar-refractivity contribution is 0.0680. The predicted octanol–water partition coefficient (Wildman–Crippen LogP) is 1.31. The van der Waals surface area contributed by atoms with Crippen LogP contribution in [0.2, 0.25) is 0 Å². The third-order valence-corrected chi connectivity index (χ3v) is 4.13. The van der Waals surface area contributed by atoms with Crippen molar-refractivity contribution < 1.29 is 13.8 Å². The zero-order valence-electron chi connectivity index (χ0n) is 6.33. The molecule has 0 aromatic carbocycles. The minimum Gasteiger partial charge on any atom is -0.379 e. The van der Waals surface area contributed by atoms with Crippen molar-refractivity contribution in [3.05, 3.63) is 0 Å². The van der Waals surface area contributed by atoms with Crippen LogP contribution in [0.15, 0.2) is 0 Å². The highest BCUT2D eigenvalue weighted by Gasteiger charge is 2.29. The smallest absolute Gasteiger partial charge is 0.362 e. The second-order valence-corrected chi connectivity index (χ2v) is 5.32. The molecule has 0 aromatic heterocycles. The molecule has 1 fully saturated rings. The average molecular weight is 200 g/mol. The summed E-state index contributed by atoms with van der Waals surface area (Å²) in [7, 11) is 1.35. The Hall–Kier alpha value is 0.400. The fourth-order valence-electron chi connectivity index (χ4n) is 0.908. The highest BCUT2D eigenvalue weighted by molar-refractivity contribution is 7.83. The maximum Gasteiger partial charge on any atom is 0.362 e. The standard InChI is InChI=1S/C5H11ClNO3P/c1-9-11(6,8)7-2-4-10-5-3-7/h2-5H2,1H3. The summed E-state index contributed by atoms with van der Waals surface area (Å²) < 4.78 is 22.7. The monoisotopic (exact) mass is 199 g/mol. The fourth-order valence-corrected chi connectivity index (χ4v) is 2.23. The van der Waals surface area contributed by atoms with Crippen molar-refractivity contribution in [2.45, 2.75) is 0 Å². The molecule has 1 aliphatic heterocycles. The van der Waals surface area contributed by atoms with Gasteiger partial charge in [0.25, 0.3) is 0 Å². The van der Waals surface area contributed by atoms with Crippen molar-refractivity contribution in [3.8, 4) is 0 Å². The first-order valence-corrected chi connectivity index (χ1v) is 5.83. The SMILES string of the molecule is COP(=O)(Cl)N1CCOCC1. The number of ether oxygens (including phenoxy) is 1. The van der Waals surface area contributed by atoms with Gasteiger partial charge in [-0.1, -0.05) is 0 Å². The van der Waals surface area contributed by atoms with Crippen LogP contribution in [-0.4, -0.2) is 38.1 Å². The molecule has 0 aliphatic carbocycles. The molecule has 0 aromatic rings. The van der Waals surface area contributed by atoms with Crippen molar-refractivity contribution in [1.82, 2.24) is 4.67 Å². The topological polar surface area (TPSA) is 38.8 Å². The second-order valence-electron chi connectivity index (χ2n) is 2.20. The van der Waals surface area contributed by atoms with Crippen LogP contribution >= 0.6 is 18.1 Å². The molecule has 0 bridgehead atoms. The Morgan fingerprint density at radius 3 is 2.55 bits per heavy atom. The van der Waals surface area contributed by atoms with Gasteiger partial charge in [-0.25, -0.2) is 4.67 Å². The summed E-state index contributed by atoms with van der Waals surface area (Å²) >= 11 is 5.60. The van der Waals surface area contributed by atoms with Gasteiger partial charge in [0.15, 0.2) is 0 Å². The Labute approximate surface area is 70.7 Å². The molecule has 1 heterocycles. The molecule has 0 N–H and O–H groups in total. The van der Waals surface area contributed by atoms with E-state index in [9.17, 15) is 4.57 Å². The van der Waals surface area contributed by atoms with Crippen molar-refractivity contribution in [1.29, 1.82) is 0 Å². The van der Waals surface area contributed by atoms with Crippen LogP contribution in [0.1, 0.15) is 0 Å². The van der Waals surface area contributed by atoms with Crippen LogP contribution < -0.4 is 0 Å². The van der Waals surface area contributed by atoms with Gasteiger partial charge in [0.05, 0.1) is 13.2 Å². The molecule has 6 heteroatoms. The van der Waals surface area contributed by atoms with Crippen LogP contribution in [-0.2, 0) is 13.8 Å². The van der Waals surface area contributed by atoms with E-state index in [1.807, 2.05) is 0 Å². The van der Waals surface area contributed by atoms with Crippen molar-refractivity contribution in [2.75, 3.05) is 33.4 Å². The van der Waals surface area contributed by atoms with E-state index in [2.05, 4.69) is 4.52 Å². The van der Waals surface area contributed by atoms with Crippen molar-refractivity contribution >= 4 is 18.1 Å². The molecule has 1 saturated heterocycles. The quantitative estimate of drug-likeness (QED) is 0.629. The van der Waals surface area contributed by atoms with E-state index in [4.69, 9.17) is 16.0 Å². The first-order chi connectivity index (χ1) is 5.17. The molecular weight excluding hydrogens is 188 g/mol. The van der Waals surface area contributed by atoms with Gasteiger partial charge in [-0.3, -0.25) is 4.57 Å². The van der Waals surface area contributed by atoms with Crippen LogP contribution in [0.5, 0.6) is 0 Å². The van der Waals surface area contributed by atoms with Crippen molar-refractivity contribution in [3.63, 3.8) is 0 Å². The number of hydrogen-bond acceptors (Lipinski definition) is 3. The van der Waals surface area contributed by atoms with E-state index >= 15 is 0 Å². The van der Waals surface area contributed by atoms with Crippen LogP contribution in [0.25, 0.3) is 0 Å². The molecule has 0 spiro atoms. The minimum absolute atomic E-state index is 0.570. The van der Waals surface area contributed by atoms with E-state index in [1.54, 1.807) is 4.67 Å². The fraction of sp³-hybridized carbons (Fsp3) is 1.00. The van der Waals surface area contributed by atoms with Gasteiger partial charge in [0.1, 0.15) is 0 Å². The highest BCUT2D eigenvalue weighted by Crippen LogP contribution is 2.55. The number of nitrogens with zero attached hydrogens (tertiary/aromatic N) is 1. The summed E-state index contributed by atoms with van der Waals surface area (Å²) in [6, 6.07) is 0. The van der Waals surface area contributed by atoms with Gasteiger partial charge in [0, 0.05) is 20.2 Å². The van der Waals surface area contributed by atoms with Crippen LogP contribution in [0.3, 0.4) is 0 Å². The zero-order chi connectivity index (χ0) is 8.32. The first kappa shape index (κ1) is 9.49. The average Bonchev–Trinajstić information content (AvgIpc) is 2.06. The maximum absolute atomic E-state index is 11.4. The largest absolute Gasteiger partial charge is 0.379 e. The molecule has 1 rings (SSSR count). The minimum atomic E-state index is -3.02. The summed E-state index contributed by atoms with van der Waals surface area (Å²) in [5, 5.41) is 0. The lowest BCUT2D eigenvalue weighted by atomic mass is 10.5.